The van der Waals surface area contributed by atoms with Gasteiger partial charge in [0.2, 0.25) is 0 Å². The third-order valence-electron chi connectivity index (χ3n) is 3.95. The summed E-state index contributed by atoms with van der Waals surface area (Å²) < 4.78 is 3.31. The maximum atomic E-state index is 2.40. The molecular formula is C16H34Sn. The van der Waals surface area contributed by atoms with Crippen LogP contribution in [-0.2, 0) is 0 Å². The molecule has 102 valence electrons. The molecule has 0 aromatic heterocycles. The van der Waals surface area contributed by atoms with Crippen molar-refractivity contribution >= 4 is 21.1 Å². The normalized spacial score (nSPS) is 14.8. The van der Waals surface area contributed by atoms with Crippen molar-refractivity contribution in [2.24, 2.45) is 11.8 Å². The molecule has 2 atom stereocenters. The molecule has 0 aromatic carbocycles. The van der Waals surface area contributed by atoms with E-state index in [2.05, 4.69) is 27.7 Å². The quantitative estimate of drug-likeness (QED) is 0.383. The predicted molar refractivity (Wildman–Crippen MR) is 82.0 cm³/mol. The van der Waals surface area contributed by atoms with E-state index in [4.69, 9.17) is 0 Å². The monoisotopic (exact) mass is 346 g/mol. The first-order chi connectivity index (χ1) is 8.28. The van der Waals surface area contributed by atoms with Gasteiger partial charge in [-0.25, -0.2) is 0 Å². The number of hydrogen-bond acceptors (Lipinski definition) is 0. The van der Waals surface area contributed by atoms with E-state index >= 15 is 0 Å². The molecule has 0 aliphatic rings. The molecule has 0 rings (SSSR count). The molecule has 0 N–H and O–H groups in total. The van der Waals surface area contributed by atoms with Gasteiger partial charge in [-0.2, -0.15) is 0 Å². The topological polar surface area (TPSA) is 0 Å². The van der Waals surface area contributed by atoms with Crippen LogP contribution in [0.3, 0.4) is 0 Å². The van der Waals surface area contributed by atoms with Crippen LogP contribution in [0, 0.1) is 11.8 Å². The van der Waals surface area contributed by atoms with E-state index in [1.165, 1.54) is 51.4 Å². The standard InChI is InChI=1S/2C8H17.Sn/c2*1-4-6-7-8(3)5-2;/h2*8H,3-7H2,1-2H3;. The molecule has 0 saturated carbocycles. The first-order valence-corrected chi connectivity index (χ1v) is 12.0. The average Bonchev–Trinajstić information content (AvgIpc) is 2.37. The van der Waals surface area contributed by atoms with E-state index in [1.807, 2.05) is 0 Å². The van der Waals surface area contributed by atoms with E-state index in [9.17, 15) is 0 Å². The first kappa shape index (κ1) is 17.8. The van der Waals surface area contributed by atoms with Crippen LogP contribution in [0.2, 0.25) is 8.87 Å². The van der Waals surface area contributed by atoms with Crippen LogP contribution in [-0.4, -0.2) is 21.1 Å². The second kappa shape index (κ2) is 13.2. The van der Waals surface area contributed by atoms with Crippen molar-refractivity contribution in [2.45, 2.75) is 87.9 Å². The fourth-order valence-corrected chi connectivity index (χ4v) is 8.00. The Balaban J connectivity index is 3.61. The van der Waals surface area contributed by atoms with E-state index in [0.29, 0.717) is 0 Å². The molecule has 2 radical (unpaired) electrons. The number of hydrogen-bond donors (Lipinski definition) is 0. The summed E-state index contributed by atoms with van der Waals surface area (Å²) >= 11 is -0.0388. The maximum absolute atomic E-state index is 2.40. The Morgan fingerprint density at radius 1 is 0.706 bits per heavy atom. The summed E-state index contributed by atoms with van der Waals surface area (Å²) in [5.74, 6) is 2.18. The van der Waals surface area contributed by atoms with Gasteiger partial charge in [0.05, 0.1) is 0 Å². The Morgan fingerprint density at radius 3 is 1.41 bits per heavy atom. The zero-order chi connectivity index (χ0) is 12.9. The van der Waals surface area contributed by atoms with Gasteiger partial charge in [0, 0.05) is 0 Å². The van der Waals surface area contributed by atoms with E-state index < -0.39 is 0 Å². The van der Waals surface area contributed by atoms with Gasteiger partial charge in [0.15, 0.2) is 0 Å². The van der Waals surface area contributed by atoms with Crippen LogP contribution in [0.5, 0.6) is 0 Å². The van der Waals surface area contributed by atoms with Gasteiger partial charge in [-0.1, -0.05) is 0 Å². The second-order valence-corrected chi connectivity index (χ2v) is 9.25. The SMILES string of the molecule is CCCCC(CC)[CH2][Sn][CH2]C(CC)CCCC. The molecule has 0 aliphatic carbocycles. The van der Waals surface area contributed by atoms with E-state index in [0.717, 1.165) is 11.8 Å². The Bertz CT molecular complexity index is 128. The molecule has 0 spiro atoms. The van der Waals surface area contributed by atoms with Crippen molar-refractivity contribution in [3.05, 3.63) is 0 Å². The third-order valence-corrected chi connectivity index (χ3v) is 8.90. The fraction of sp³-hybridized carbons (Fsp3) is 1.00. The Kier molecular flexibility index (Phi) is 13.9. The molecule has 0 aromatic rings. The minimum absolute atomic E-state index is 0.0388. The molecular weight excluding hydrogens is 311 g/mol. The van der Waals surface area contributed by atoms with Crippen LogP contribution in [0.4, 0.5) is 0 Å². The number of unbranched alkanes of at least 4 members (excludes halogenated alkanes) is 2. The van der Waals surface area contributed by atoms with Crippen molar-refractivity contribution in [3.63, 3.8) is 0 Å². The molecule has 17 heavy (non-hydrogen) atoms. The third kappa shape index (κ3) is 10.4. The van der Waals surface area contributed by atoms with Crippen molar-refractivity contribution in [2.75, 3.05) is 0 Å². The van der Waals surface area contributed by atoms with Crippen molar-refractivity contribution in [1.82, 2.24) is 0 Å². The van der Waals surface area contributed by atoms with Gasteiger partial charge in [0.1, 0.15) is 0 Å². The molecule has 0 fully saturated rings. The minimum atomic E-state index is -0.0388. The van der Waals surface area contributed by atoms with Crippen LogP contribution in [0.15, 0.2) is 0 Å². The summed E-state index contributed by atoms with van der Waals surface area (Å²) in [7, 11) is 0. The molecule has 0 amide bonds. The predicted octanol–water partition coefficient (Wildman–Crippen LogP) is 5.96. The second-order valence-electron chi connectivity index (χ2n) is 5.49. The first-order valence-electron chi connectivity index (χ1n) is 7.99. The van der Waals surface area contributed by atoms with E-state index in [-0.39, 0.29) is 21.1 Å². The summed E-state index contributed by atoms with van der Waals surface area (Å²) in [5, 5.41) is 0. The van der Waals surface area contributed by atoms with Gasteiger partial charge in [0.25, 0.3) is 0 Å². The average molecular weight is 345 g/mol. The summed E-state index contributed by atoms with van der Waals surface area (Å²) in [6.45, 7) is 9.44. The molecule has 0 saturated heterocycles. The zero-order valence-electron chi connectivity index (χ0n) is 12.7. The van der Waals surface area contributed by atoms with Crippen LogP contribution in [0.25, 0.3) is 0 Å². The Labute approximate surface area is 121 Å². The van der Waals surface area contributed by atoms with Gasteiger partial charge >= 0.3 is 121 Å². The van der Waals surface area contributed by atoms with Crippen LogP contribution in [0.1, 0.15) is 79.1 Å². The molecule has 0 aliphatic heterocycles. The van der Waals surface area contributed by atoms with Gasteiger partial charge in [-0.15, -0.1) is 0 Å². The molecule has 0 heterocycles. The van der Waals surface area contributed by atoms with Gasteiger partial charge in [-0.3, -0.25) is 0 Å². The summed E-state index contributed by atoms with van der Waals surface area (Å²) in [4.78, 5) is 0. The summed E-state index contributed by atoms with van der Waals surface area (Å²) in [6, 6.07) is 0. The Morgan fingerprint density at radius 2 is 1.12 bits per heavy atom. The molecule has 2 unspecified atom stereocenters. The van der Waals surface area contributed by atoms with Gasteiger partial charge < -0.3 is 0 Å². The summed E-state index contributed by atoms with van der Waals surface area (Å²) in [6.07, 6.45) is 11.6. The van der Waals surface area contributed by atoms with Crippen molar-refractivity contribution in [3.8, 4) is 0 Å². The van der Waals surface area contributed by atoms with Crippen molar-refractivity contribution < 1.29 is 0 Å². The van der Waals surface area contributed by atoms with Crippen molar-refractivity contribution in [1.29, 1.82) is 0 Å². The Hall–Kier alpha value is 0.799. The number of rotatable bonds is 12. The fourth-order valence-electron chi connectivity index (χ4n) is 2.38. The van der Waals surface area contributed by atoms with Gasteiger partial charge in [-0.05, 0) is 0 Å². The van der Waals surface area contributed by atoms with E-state index in [1.54, 1.807) is 8.87 Å². The molecule has 0 nitrogen and oxygen atoms in total. The zero-order valence-corrected chi connectivity index (χ0v) is 15.6. The van der Waals surface area contributed by atoms with Crippen LogP contribution >= 0.6 is 0 Å². The summed E-state index contributed by atoms with van der Waals surface area (Å²) in [5.41, 5.74) is 0. The molecule has 1 heteroatoms. The molecule has 0 bridgehead atoms. The van der Waals surface area contributed by atoms with Crippen LogP contribution < -0.4 is 0 Å².